The van der Waals surface area contributed by atoms with Crippen LogP contribution in [0.4, 0.5) is 0 Å². The van der Waals surface area contributed by atoms with Crippen molar-refractivity contribution in [1.29, 1.82) is 0 Å². The van der Waals surface area contributed by atoms with Gasteiger partial charge in [-0.1, -0.05) is 42.0 Å². The van der Waals surface area contributed by atoms with Crippen molar-refractivity contribution in [3.8, 4) is 5.75 Å². The summed E-state index contributed by atoms with van der Waals surface area (Å²) in [5, 5.41) is 9.98. The van der Waals surface area contributed by atoms with E-state index >= 15 is 0 Å². The maximum absolute atomic E-state index is 9.98. The van der Waals surface area contributed by atoms with Crippen LogP contribution >= 0.6 is 22.6 Å². The summed E-state index contributed by atoms with van der Waals surface area (Å²) in [6, 6.07) is 6.26. The Morgan fingerprint density at radius 1 is 0.955 bits per heavy atom. The van der Waals surface area contributed by atoms with Gasteiger partial charge in [0, 0.05) is 3.42 Å². The molecule has 0 atom stereocenters. The lowest BCUT2D eigenvalue weighted by Gasteiger charge is -2.12. The maximum atomic E-state index is 9.98. The van der Waals surface area contributed by atoms with E-state index in [9.17, 15) is 5.11 Å². The SMILES string of the molecule is CCC1(CCCc2cc(O)cc(CCCC3(I)CC3)c2)CC1. The quantitative estimate of drug-likeness (QED) is 0.379. The van der Waals surface area contributed by atoms with E-state index in [1.807, 2.05) is 12.1 Å². The highest BCUT2D eigenvalue weighted by Gasteiger charge is 2.39. The fourth-order valence-corrected chi connectivity index (χ4v) is 4.30. The lowest BCUT2D eigenvalue weighted by Crippen LogP contribution is -2.00. The average molecular weight is 412 g/mol. The van der Waals surface area contributed by atoms with Crippen molar-refractivity contribution in [2.24, 2.45) is 5.41 Å². The Labute approximate surface area is 149 Å². The van der Waals surface area contributed by atoms with Gasteiger partial charge >= 0.3 is 0 Å². The van der Waals surface area contributed by atoms with Crippen LogP contribution in [0.5, 0.6) is 5.75 Å². The van der Waals surface area contributed by atoms with Gasteiger partial charge < -0.3 is 5.11 Å². The molecule has 3 rings (SSSR count). The number of phenolic OH excluding ortho intramolecular Hbond substituents is 1. The first kappa shape index (κ1) is 16.6. The monoisotopic (exact) mass is 412 g/mol. The van der Waals surface area contributed by atoms with E-state index in [0.29, 0.717) is 14.6 Å². The Bertz CT molecular complexity index is 514. The highest BCUT2D eigenvalue weighted by Crippen LogP contribution is 2.52. The van der Waals surface area contributed by atoms with Crippen molar-refractivity contribution in [3.05, 3.63) is 29.3 Å². The molecule has 0 amide bonds. The van der Waals surface area contributed by atoms with Gasteiger partial charge in [0.2, 0.25) is 0 Å². The summed E-state index contributed by atoms with van der Waals surface area (Å²) in [4.78, 5) is 0. The molecule has 1 aromatic rings. The van der Waals surface area contributed by atoms with E-state index in [0.717, 1.165) is 12.8 Å². The van der Waals surface area contributed by atoms with Gasteiger partial charge in [0.25, 0.3) is 0 Å². The van der Waals surface area contributed by atoms with Crippen molar-refractivity contribution in [1.82, 2.24) is 0 Å². The molecule has 22 heavy (non-hydrogen) atoms. The third kappa shape index (κ3) is 4.62. The molecule has 1 aromatic carbocycles. The number of hydrogen-bond acceptors (Lipinski definition) is 1. The topological polar surface area (TPSA) is 20.2 Å². The van der Waals surface area contributed by atoms with Gasteiger partial charge in [0.05, 0.1) is 0 Å². The van der Waals surface area contributed by atoms with E-state index in [1.54, 1.807) is 0 Å². The predicted octanol–water partition coefficient (Wildman–Crippen LogP) is 6.20. The second-order valence-electron chi connectivity index (χ2n) is 7.72. The van der Waals surface area contributed by atoms with Crippen molar-refractivity contribution in [2.45, 2.75) is 81.0 Å². The number of rotatable bonds is 9. The van der Waals surface area contributed by atoms with Crippen molar-refractivity contribution in [2.75, 3.05) is 0 Å². The van der Waals surface area contributed by atoms with E-state index in [-0.39, 0.29) is 0 Å². The minimum absolute atomic E-state index is 0.458. The number of phenols is 1. The number of halogens is 1. The lowest BCUT2D eigenvalue weighted by molar-refractivity contribution is 0.433. The first-order valence-electron chi connectivity index (χ1n) is 9.03. The Morgan fingerprint density at radius 3 is 2.05 bits per heavy atom. The molecule has 2 fully saturated rings. The minimum Gasteiger partial charge on any atom is -0.508 e. The molecule has 0 bridgehead atoms. The van der Waals surface area contributed by atoms with Crippen LogP contribution in [0.3, 0.4) is 0 Å². The van der Waals surface area contributed by atoms with Gasteiger partial charge in [-0.05, 0) is 92.9 Å². The zero-order valence-corrected chi connectivity index (χ0v) is 16.0. The minimum atomic E-state index is 0.458. The predicted molar refractivity (Wildman–Crippen MR) is 102 cm³/mol. The van der Waals surface area contributed by atoms with Crippen LogP contribution in [0.2, 0.25) is 0 Å². The fourth-order valence-electron chi connectivity index (χ4n) is 3.65. The summed E-state index contributed by atoms with van der Waals surface area (Å²) < 4.78 is 0.621. The molecule has 0 radical (unpaired) electrons. The van der Waals surface area contributed by atoms with Crippen LogP contribution in [-0.2, 0) is 12.8 Å². The van der Waals surface area contributed by atoms with Crippen molar-refractivity contribution in [3.63, 3.8) is 0 Å². The van der Waals surface area contributed by atoms with Crippen LogP contribution in [0.25, 0.3) is 0 Å². The number of aromatic hydroxyl groups is 1. The summed E-state index contributed by atoms with van der Waals surface area (Å²) >= 11 is 2.63. The molecule has 122 valence electrons. The Hall–Kier alpha value is -0.250. The van der Waals surface area contributed by atoms with Crippen molar-refractivity contribution >= 4 is 22.6 Å². The zero-order valence-electron chi connectivity index (χ0n) is 13.8. The maximum Gasteiger partial charge on any atom is 0.116 e. The summed E-state index contributed by atoms with van der Waals surface area (Å²) in [7, 11) is 0. The summed E-state index contributed by atoms with van der Waals surface area (Å²) in [6.45, 7) is 2.33. The molecule has 0 aromatic heterocycles. The Balaban J connectivity index is 1.48. The second-order valence-corrected chi connectivity index (χ2v) is 10.0. The smallest absolute Gasteiger partial charge is 0.116 e. The summed E-state index contributed by atoms with van der Waals surface area (Å²) in [5.74, 6) is 0.458. The molecule has 2 aliphatic carbocycles. The zero-order chi connectivity index (χ0) is 15.6. The van der Waals surface area contributed by atoms with E-state index in [2.05, 4.69) is 35.6 Å². The van der Waals surface area contributed by atoms with Gasteiger partial charge in [-0.3, -0.25) is 0 Å². The van der Waals surface area contributed by atoms with Gasteiger partial charge in [-0.15, -0.1) is 0 Å². The van der Waals surface area contributed by atoms with Gasteiger partial charge in [0.1, 0.15) is 5.75 Å². The molecule has 1 nitrogen and oxygen atoms in total. The number of aryl methyl sites for hydroxylation is 2. The third-order valence-corrected chi connectivity index (χ3v) is 7.42. The molecular weight excluding hydrogens is 383 g/mol. The first-order valence-corrected chi connectivity index (χ1v) is 10.1. The van der Waals surface area contributed by atoms with Crippen LogP contribution in [0.15, 0.2) is 18.2 Å². The highest BCUT2D eigenvalue weighted by atomic mass is 127. The van der Waals surface area contributed by atoms with Crippen LogP contribution in [0, 0.1) is 5.41 Å². The molecular formula is C20H29IO. The van der Waals surface area contributed by atoms with Gasteiger partial charge in [0.15, 0.2) is 0 Å². The molecule has 0 saturated heterocycles. The molecule has 2 heteroatoms. The van der Waals surface area contributed by atoms with Gasteiger partial charge in [-0.25, -0.2) is 0 Å². The van der Waals surface area contributed by atoms with Crippen LogP contribution in [-0.4, -0.2) is 8.53 Å². The largest absolute Gasteiger partial charge is 0.508 e. The number of alkyl halides is 1. The number of benzene rings is 1. The molecule has 2 saturated carbocycles. The lowest BCUT2D eigenvalue weighted by atomic mass is 9.94. The van der Waals surface area contributed by atoms with Crippen molar-refractivity contribution < 1.29 is 5.11 Å². The highest BCUT2D eigenvalue weighted by molar-refractivity contribution is 14.1. The Morgan fingerprint density at radius 2 is 1.55 bits per heavy atom. The fraction of sp³-hybridized carbons (Fsp3) is 0.700. The summed E-state index contributed by atoms with van der Waals surface area (Å²) in [5.41, 5.74) is 3.35. The molecule has 0 aliphatic heterocycles. The molecule has 0 spiro atoms. The molecule has 1 N–H and O–H groups in total. The number of hydrogen-bond donors (Lipinski definition) is 1. The Kier molecular flexibility index (Phi) is 5.06. The standard InChI is InChI=1S/C20H29IO/c1-2-19(9-10-19)7-3-5-16-13-17(15-18(22)14-16)6-4-8-20(21)11-12-20/h13-15,22H,2-12H2,1H3. The molecule has 0 heterocycles. The summed E-state index contributed by atoms with van der Waals surface area (Å²) in [6.07, 6.45) is 14.5. The molecule has 0 unspecified atom stereocenters. The second kappa shape index (κ2) is 6.70. The van der Waals surface area contributed by atoms with Crippen LogP contribution in [0.1, 0.15) is 75.8 Å². The third-order valence-electron chi connectivity index (χ3n) is 5.80. The van der Waals surface area contributed by atoms with Gasteiger partial charge in [-0.2, -0.15) is 0 Å². The normalized spacial score (nSPS) is 20.8. The van der Waals surface area contributed by atoms with E-state index in [4.69, 9.17) is 0 Å². The van der Waals surface area contributed by atoms with Crippen LogP contribution < -0.4 is 0 Å². The average Bonchev–Trinajstić information content (AvgIpc) is 3.38. The molecule has 2 aliphatic rings. The van der Waals surface area contributed by atoms with E-state index in [1.165, 1.54) is 68.9 Å². The first-order chi connectivity index (χ1) is 10.5. The van der Waals surface area contributed by atoms with E-state index < -0.39 is 0 Å².